The second kappa shape index (κ2) is 4.99. The molecule has 0 N–H and O–H groups in total. The van der Waals surface area contributed by atoms with Crippen molar-refractivity contribution in [2.75, 3.05) is 6.61 Å². The number of halogens is 2. The molecular weight excluding hydrogens is 246 g/mol. The van der Waals surface area contributed by atoms with Crippen molar-refractivity contribution in [2.45, 2.75) is 44.4 Å². The van der Waals surface area contributed by atoms with Gasteiger partial charge in [-0.2, -0.15) is 4.98 Å². The molecule has 0 unspecified atom stereocenters. The number of hydrogen-bond donors (Lipinski definition) is 0. The quantitative estimate of drug-likeness (QED) is 0.781. The van der Waals surface area contributed by atoms with Crippen LogP contribution in [-0.4, -0.2) is 28.6 Å². The molecule has 0 atom stereocenters. The van der Waals surface area contributed by atoms with E-state index in [9.17, 15) is 13.6 Å². The Kier molecular flexibility index (Phi) is 3.58. The maximum absolute atomic E-state index is 13.0. The Morgan fingerprint density at radius 2 is 2.17 bits per heavy atom. The zero-order chi connectivity index (χ0) is 13.2. The minimum Gasteiger partial charge on any atom is -0.460 e. The van der Waals surface area contributed by atoms with Crippen molar-refractivity contribution in [1.82, 2.24) is 10.1 Å². The summed E-state index contributed by atoms with van der Waals surface area (Å²) in [6.07, 6.45) is 0.207. The van der Waals surface area contributed by atoms with Crippen molar-refractivity contribution in [3.63, 3.8) is 0 Å². The maximum Gasteiger partial charge on any atom is 0.379 e. The number of esters is 1. The second-order valence-electron chi connectivity index (χ2n) is 4.31. The van der Waals surface area contributed by atoms with Crippen molar-refractivity contribution in [3.05, 3.63) is 11.7 Å². The molecule has 1 heterocycles. The molecule has 0 spiro atoms. The molecule has 0 bridgehead atoms. The summed E-state index contributed by atoms with van der Waals surface area (Å²) in [7, 11) is 0. The molecule has 1 aliphatic rings. The molecule has 0 radical (unpaired) electrons. The molecule has 0 aromatic carbocycles. The Hall–Kier alpha value is -1.53. The van der Waals surface area contributed by atoms with Crippen LogP contribution in [0.5, 0.6) is 0 Å². The lowest BCUT2D eigenvalue weighted by atomic mass is 9.87. The summed E-state index contributed by atoms with van der Waals surface area (Å²) in [6, 6.07) is 0. The molecule has 1 aromatic heterocycles. The Balaban J connectivity index is 2.00. The van der Waals surface area contributed by atoms with Crippen molar-refractivity contribution in [1.29, 1.82) is 0 Å². The lowest BCUT2D eigenvalue weighted by Crippen LogP contribution is -2.23. The molecule has 2 rings (SSSR count). The van der Waals surface area contributed by atoms with Gasteiger partial charge in [0.05, 0.1) is 6.61 Å². The fourth-order valence-corrected chi connectivity index (χ4v) is 1.97. The molecular formula is C11H14F2N2O3. The number of rotatable bonds is 3. The van der Waals surface area contributed by atoms with Gasteiger partial charge in [0.1, 0.15) is 0 Å². The lowest BCUT2D eigenvalue weighted by Gasteiger charge is -2.25. The van der Waals surface area contributed by atoms with Gasteiger partial charge < -0.3 is 9.26 Å². The molecule has 1 aliphatic carbocycles. The standard InChI is InChI=1S/C11H14F2N2O3/c1-2-17-10(16)8-14-9(18-15-8)7-3-5-11(12,13)6-4-7/h7H,2-6H2,1H3. The Morgan fingerprint density at radius 3 is 2.78 bits per heavy atom. The first-order valence-corrected chi connectivity index (χ1v) is 5.90. The first-order valence-electron chi connectivity index (χ1n) is 5.90. The summed E-state index contributed by atoms with van der Waals surface area (Å²) in [5, 5.41) is 3.50. The number of carbonyl (C=O) groups excluding carboxylic acids is 1. The third-order valence-electron chi connectivity index (χ3n) is 2.97. The monoisotopic (exact) mass is 260 g/mol. The minimum absolute atomic E-state index is 0.149. The zero-order valence-corrected chi connectivity index (χ0v) is 9.99. The number of hydrogen-bond acceptors (Lipinski definition) is 5. The largest absolute Gasteiger partial charge is 0.460 e. The van der Waals surface area contributed by atoms with Gasteiger partial charge in [-0.15, -0.1) is 0 Å². The predicted octanol–water partition coefficient (Wildman–Crippen LogP) is 2.54. The van der Waals surface area contributed by atoms with Crippen LogP contribution in [-0.2, 0) is 4.74 Å². The van der Waals surface area contributed by atoms with Gasteiger partial charge in [0, 0.05) is 18.8 Å². The lowest BCUT2D eigenvalue weighted by molar-refractivity contribution is -0.0402. The first-order chi connectivity index (χ1) is 8.52. The highest BCUT2D eigenvalue weighted by atomic mass is 19.3. The summed E-state index contributed by atoms with van der Waals surface area (Å²) in [5.74, 6) is -3.35. The number of alkyl halides is 2. The second-order valence-corrected chi connectivity index (χ2v) is 4.31. The van der Waals surface area contributed by atoms with E-state index in [0.717, 1.165) is 0 Å². The molecule has 0 aliphatic heterocycles. The molecule has 0 saturated heterocycles. The van der Waals surface area contributed by atoms with Crippen LogP contribution in [0.15, 0.2) is 4.52 Å². The molecule has 7 heteroatoms. The summed E-state index contributed by atoms with van der Waals surface area (Å²) in [4.78, 5) is 15.2. The number of carbonyl (C=O) groups is 1. The van der Waals surface area contributed by atoms with Gasteiger partial charge in [-0.05, 0) is 24.9 Å². The van der Waals surface area contributed by atoms with Crippen LogP contribution < -0.4 is 0 Å². The molecule has 1 fully saturated rings. The van der Waals surface area contributed by atoms with Crippen molar-refractivity contribution in [3.8, 4) is 0 Å². The predicted molar refractivity (Wildman–Crippen MR) is 56.4 cm³/mol. The van der Waals surface area contributed by atoms with Crippen LogP contribution in [0.2, 0.25) is 0 Å². The fraction of sp³-hybridized carbons (Fsp3) is 0.727. The highest BCUT2D eigenvalue weighted by molar-refractivity contribution is 5.84. The van der Waals surface area contributed by atoms with E-state index in [1.165, 1.54) is 0 Å². The average molecular weight is 260 g/mol. The summed E-state index contributed by atoms with van der Waals surface area (Å²) < 4.78 is 35.6. The van der Waals surface area contributed by atoms with Crippen LogP contribution in [0.3, 0.4) is 0 Å². The van der Waals surface area contributed by atoms with E-state index in [-0.39, 0.29) is 49.9 Å². The van der Waals surface area contributed by atoms with E-state index < -0.39 is 11.9 Å². The molecule has 1 saturated carbocycles. The van der Waals surface area contributed by atoms with Crippen molar-refractivity contribution in [2.24, 2.45) is 0 Å². The van der Waals surface area contributed by atoms with Gasteiger partial charge in [-0.3, -0.25) is 0 Å². The van der Waals surface area contributed by atoms with E-state index in [1.807, 2.05) is 0 Å². The maximum atomic E-state index is 13.0. The summed E-state index contributed by atoms with van der Waals surface area (Å²) in [6.45, 7) is 1.89. The first kappa shape index (κ1) is 12.9. The Bertz CT molecular complexity index is 424. The molecule has 5 nitrogen and oxygen atoms in total. The van der Waals surface area contributed by atoms with Crippen LogP contribution in [0, 0.1) is 0 Å². The third kappa shape index (κ3) is 2.83. The van der Waals surface area contributed by atoms with E-state index >= 15 is 0 Å². The van der Waals surface area contributed by atoms with Gasteiger partial charge >= 0.3 is 5.97 Å². The van der Waals surface area contributed by atoms with Gasteiger partial charge in [0.25, 0.3) is 5.82 Å². The third-order valence-corrected chi connectivity index (χ3v) is 2.97. The number of aromatic nitrogens is 2. The van der Waals surface area contributed by atoms with Crippen LogP contribution in [0.4, 0.5) is 8.78 Å². The highest BCUT2D eigenvalue weighted by Crippen LogP contribution is 2.40. The number of nitrogens with zero attached hydrogens (tertiary/aromatic N) is 2. The number of ether oxygens (including phenoxy) is 1. The molecule has 0 amide bonds. The zero-order valence-electron chi connectivity index (χ0n) is 9.99. The molecule has 18 heavy (non-hydrogen) atoms. The van der Waals surface area contributed by atoms with E-state index in [2.05, 4.69) is 10.1 Å². The molecule has 1 aromatic rings. The summed E-state index contributed by atoms with van der Waals surface area (Å²) >= 11 is 0. The van der Waals surface area contributed by atoms with E-state index in [0.29, 0.717) is 0 Å². The topological polar surface area (TPSA) is 65.2 Å². The summed E-state index contributed by atoms with van der Waals surface area (Å²) in [5.41, 5.74) is 0. The van der Waals surface area contributed by atoms with Crippen LogP contribution in [0.25, 0.3) is 0 Å². The van der Waals surface area contributed by atoms with E-state index in [1.54, 1.807) is 6.92 Å². The van der Waals surface area contributed by atoms with Crippen molar-refractivity contribution < 1.29 is 22.8 Å². The van der Waals surface area contributed by atoms with Gasteiger partial charge in [0.2, 0.25) is 11.8 Å². The van der Waals surface area contributed by atoms with Gasteiger partial charge in [-0.1, -0.05) is 0 Å². The highest BCUT2D eigenvalue weighted by Gasteiger charge is 2.37. The smallest absolute Gasteiger partial charge is 0.379 e. The van der Waals surface area contributed by atoms with Crippen LogP contribution >= 0.6 is 0 Å². The van der Waals surface area contributed by atoms with Crippen LogP contribution in [0.1, 0.15) is 55.0 Å². The SMILES string of the molecule is CCOC(=O)c1noc(C2CCC(F)(F)CC2)n1. The fourth-order valence-electron chi connectivity index (χ4n) is 1.97. The average Bonchev–Trinajstić information content (AvgIpc) is 2.79. The minimum atomic E-state index is -2.60. The Labute approximate surface area is 103 Å². The normalized spacial score (nSPS) is 19.7. The van der Waals surface area contributed by atoms with Gasteiger partial charge in [-0.25, -0.2) is 13.6 Å². The van der Waals surface area contributed by atoms with Gasteiger partial charge in [0.15, 0.2) is 0 Å². The van der Waals surface area contributed by atoms with E-state index in [4.69, 9.17) is 9.26 Å². The molecule has 100 valence electrons. The Morgan fingerprint density at radius 1 is 1.50 bits per heavy atom. The van der Waals surface area contributed by atoms with Crippen molar-refractivity contribution >= 4 is 5.97 Å².